The Labute approximate surface area is 121 Å². The fraction of sp³-hybridized carbons (Fsp3) is 0.500. The molecule has 0 heterocycles. The minimum absolute atomic E-state index is 0.0807. The number of rotatable bonds is 6. The van der Waals surface area contributed by atoms with Crippen molar-refractivity contribution >= 4 is 27.5 Å². The molecule has 0 radical (unpaired) electrons. The first-order valence-corrected chi connectivity index (χ1v) is 7.18. The van der Waals surface area contributed by atoms with E-state index >= 15 is 0 Å². The second-order valence-electron chi connectivity index (χ2n) is 5.13. The number of benzene rings is 1. The number of amides is 1. The van der Waals surface area contributed by atoms with Crippen LogP contribution in [0.3, 0.4) is 0 Å². The summed E-state index contributed by atoms with van der Waals surface area (Å²) in [5.41, 5.74) is 7.19. The van der Waals surface area contributed by atoms with Gasteiger partial charge in [0.25, 0.3) is 5.91 Å². The Balaban J connectivity index is 1.93. The van der Waals surface area contributed by atoms with Gasteiger partial charge < -0.3 is 15.8 Å². The molecular weight excluding hydrogens is 308 g/mol. The molecule has 0 saturated heterocycles. The molecule has 0 spiro atoms. The summed E-state index contributed by atoms with van der Waals surface area (Å²) in [5.74, 6) is -0.0807. The first-order chi connectivity index (χ1) is 9.08. The zero-order valence-electron chi connectivity index (χ0n) is 11.0. The molecule has 1 fully saturated rings. The molecule has 0 aromatic heterocycles. The fourth-order valence-corrected chi connectivity index (χ4v) is 2.54. The number of nitrogens with two attached hydrogens (primary N) is 1. The van der Waals surface area contributed by atoms with Crippen molar-refractivity contribution in [1.82, 2.24) is 5.32 Å². The van der Waals surface area contributed by atoms with Crippen molar-refractivity contribution in [1.29, 1.82) is 0 Å². The number of methoxy groups -OCH3 is 1. The third-order valence-electron chi connectivity index (χ3n) is 3.69. The zero-order chi connectivity index (χ0) is 13.9. The van der Waals surface area contributed by atoms with Crippen LogP contribution >= 0.6 is 15.9 Å². The average molecular weight is 327 g/mol. The van der Waals surface area contributed by atoms with Crippen molar-refractivity contribution in [2.45, 2.75) is 19.3 Å². The predicted octanol–water partition coefficient (Wildman–Crippen LogP) is 2.58. The van der Waals surface area contributed by atoms with Gasteiger partial charge in [-0.3, -0.25) is 4.79 Å². The second kappa shape index (κ2) is 5.92. The lowest BCUT2D eigenvalue weighted by molar-refractivity contribution is 0.0937. The van der Waals surface area contributed by atoms with Crippen molar-refractivity contribution in [3.05, 3.63) is 28.2 Å². The molecule has 0 atom stereocenters. The third-order valence-corrected chi connectivity index (χ3v) is 4.58. The van der Waals surface area contributed by atoms with Crippen molar-refractivity contribution in [3.63, 3.8) is 0 Å². The molecule has 1 aliphatic carbocycles. The van der Waals surface area contributed by atoms with Gasteiger partial charge in [-0.25, -0.2) is 0 Å². The summed E-state index contributed by atoms with van der Waals surface area (Å²) in [4.78, 5) is 12.1. The number of hydrogen-bond acceptors (Lipinski definition) is 3. The van der Waals surface area contributed by atoms with E-state index in [-0.39, 0.29) is 11.3 Å². The van der Waals surface area contributed by atoms with E-state index in [9.17, 15) is 4.79 Å². The Morgan fingerprint density at radius 2 is 2.26 bits per heavy atom. The molecule has 1 aliphatic rings. The molecule has 104 valence electrons. The van der Waals surface area contributed by atoms with Crippen LogP contribution in [-0.2, 0) is 4.74 Å². The van der Waals surface area contributed by atoms with Crippen LogP contribution in [0.25, 0.3) is 0 Å². The lowest BCUT2D eigenvalue weighted by atomic mass is 10.0. The summed E-state index contributed by atoms with van der Waals surface area (Å²) in [7, 11) is 1.71. The normalized spacial score (nSPS) is 16.1. The van der Waals surface area contributed by atoms with Crippen LogP contribution in [0.1, 0.15) is 29.6 Å². The highest BCUT2D eigenvalue weighted by molar-refractivity contribution is 9.10. The number of ether oxygens (including phenoxy) is 1. The van der Waals surface area contributed by atoms with E-state index in [1.54, 1.807) is 25.3 Å². The van der Waals surface area contributed by atoms with Crippen LogP contribution in [0, 0.1) is 5.41 Å². The van der Waals surface area contributed by atoms with Gasteiger partial charge in [-0.1, -0.05) is 6.07 Å². The van der Waals surface area contributed by atoms with Gasteiger partial charge in [-0.2, -0.15) is 0 Å². The lowest BCUT2D eigenvalue weighted by Crippen LogP contribution is -2.31. The highest BCUT2D eigenvalue weighted by Gasteiger charge is 2.42. The van der Waals surface area contributed by atoms with Crippen LogP contribution in [-0.4, -0.2) is 26.2 Å². The molecule has 0 bridgehead atoms. The van der Waals surface area contributed by atoms with Gasteiger partial charge >= 0.3 is 0 Å². The van der Waals surface area contributed by atoms with Crippen molar-refractivity contribution in [2.75, 3.05) is 26.0 Å². The monoisotopic (exact) mass is 326 g/mol. The van der Waals surface area contributed by atoms with Crippen LogP contribution in [0.15, 0.2) is 22.7 Å². The van der Waals surface area contributed by atoms with E-state index in [0.717, 1.165) is 25.9 Å². The molecule has 0 aliphatic heterocycles. The maximum atomic E-state index is 12.1. The van der Waals surface area contributed by atoms with E-state index in [4.69, 9.17) is 10.5 Å². The van der Waals surface area contributed by atoms with Crippen LogP contribution < -0.4 is 11.1 Å². The molecule has 4 nitrogen and oxygen atoms in total. The number of carbonyl (C=O) groups is 1. The van der Waals surface area contributed by atoms with Gasteiger partial charge in [0.05, 0.1) is 10.0 Å². The van der Waals surface area contributed by atoms with Crippen molar-refractivity contribution in [2.24, 2.45) is 5.41 Å². The van der Waals surface area contributed by atoms with Crippen molar-refractivity contribution < 1.29 is 9.53 Å². The summed E-state index contributed by atoms with van der Waals surface area (Å²) >= 11 is 3.35. The standard InChI is InChI=1S/C14H19BrN2O2/c1-19-8-7-14(5-6-14)9-17-13(18)10-3-2-4-11(16)12(10)15/h2-4H,5-9,16H2,1H3,(H,17,18). The second-order valence-corrected chi connectivity index (χ2v) is 5.93. The van der Waals surface area contributed by atoms with Gasteiger partial charge in [0.15, 0.2) is 0 Å². The zero-order valence-corrected chi connectivity index (χ0v) is 12.6. The number of hydrogen-bond donors (Lipinski definition) is 2. The topological polar surface area (TPSA) is 64.3 Å². The Morgan fingerprint density at radius 1 is 1.53 bits per heavy atom. The Morgan fingerprint density at radius 3 is 2.89 bits per heavy atom. The van der Waals surface area contributed by atoms with Gasteiger partial charge in [0.2, 0.25) is 0 Å². The minimum atomic E-state index is -0.0807. The van der Waals surface area contributed by atoms with E-state index in [2.05, 4.69) is 21.2 Å². The van der Waals surface area contributed by atoms with Gasteiger partial charge in [0, 0.05) is 25.9 Å². The molecule has 0 unspecified atom stereocenters. The van der Waals surface area contributed by atoms with Crippen LogP contribution in [0.4, 0.5) is 5.69 Å². The summed E-state index contributed by atoms with van der Waals surface area (Å²) in [6, 6.07) is 5.32. The molecule has 1 aromatic rings. The van der Waals surface area contributed by atoms with Gasteiger partial charge in [-0.15, -0.1) is 0 Å². The lowest BCUT2D eigenvalue weighted by Gasteiger charge is -2.16. The summed E-state index contributed by atoms with van der Waals surface area (Å²) in [6.45, 7) is 1.45. The molecule has 1 amide bonds. The largest absolute Gasteiger partial charge is 0.398 e. The summed E-state index contributed by atoms with van der Waals surface area (Å²) in [5, 5.41) is 3.00. The Hall–Kier alpha value is -1.07. The quantitative estimate of drug-likeness (QED) is 0.790. The van der Waals surface area contributed by atoms with Crippen LogP contribution in [0.2, 0.25) is 0 Å². The number of nitrogen functional groups attached to an aromatic ring is 1. The van der Waals surface area contributed by atoms with E-state index in [1.807, 2.05) is 0 Å². The van der Waals surface area contributed by atoms with Gasteiger partial charge in [0.1, 0.15) is 0 Å². The van der Waals surface area contributed by atoms with E-state index in [1.165, 1.54) is 0 Å². The maximum Gasteiger partial charge on any atom is 0.252 e. The minimum Gasteiger partial charge on any atom is -0.398 e. The number of nitrogens with one attached hydrogen (secondary N) is 1. The molecule has 1 saturated carbocycles. The molecule has 5 heteroatoms. The number of anilines is 1. The fourth-order valence-electron chi connectivity index (χ4n) is 2.10. The van der Waals surface area contributed by atoms with E-state index in [0.29, 0.717) is 22.3 Å². The predicted molar refractivity (Wildman–Crippen MR) is 79.0 cm³/mol. The molecule has 2 rings (SSSR count). The van der Waals surface area contributed by atoms with Crippen molar-refractivity contribution in [3.8, 4) is 0 Å². The van der Waals surface area contributed by atoms with E-state index < -0.39 is 0 Å². The smallest absolute Gasteiger partial charge is 0.252 e. The highest BCUT2D eigenvalue weighted by Crippen LogP contribution is 2.48. The third kappa shape index (κ3) is 3.48. The number of carbonyl (C=O) groups excluding carboxylic acids is 1. The summed E-state index contributed by atoms with van der Waals surface area (Å²) < 4.78 is 5.77. The first kappa shape index (κ1) is 14.3. The number of halogens is 1. The molecular formula is C14H19BrN2O2. The highest BCUT2D eigenvalue weighted by atomic mass is 79.9. The first-order valence-electron chi connectivity index (χ1n) is 6.39. The average Bonchev–Trinajstić information content (AvgIpc) is 3.17. The summed E-state index contributed by atoms with van der Waals surface area (Å²) in [6.07, 6.45) is 3.32. The van der Waals surface area contributed by atoms with Gasteiger partial charge in [-0.05, 0) is 52.7 Å². The Kier molecular flexibility index (Phi) is 4.47. The molecule has 3 N–H and O–H groups in total. The van der Waals surface area contributed by atoms with Crippen LogP contribution in [0.5, 0.6) is 0 Å². The molecule has 1 aromatic carbocycles. The SMILES string of the molecule is COCCC1(CNC(=O)c2cccc(N)c2Br)CC1. The maximum absolute atomic E-state index is 12.1. The Bertz CT molecular complexity index is 473. The molecule has 19 heavy (non-hydrogen) atoms.